The van der Waals surface area contributed by atoms with Gasteiger partial charge in [0, 0.05) is 23.5 Å². The molecule has 4 aromatic rings. The Balaban J connectivity index is 1.27. The van der Waals surface area contributed by atoms with Crippen molar-refractivity contribution in [2.75, 3.05) is 10.6 Å². The molecule has 0 aliphatic rings. The molecule has 0 saturated heterocycles. The maximum atomic E-state index is 12.0. The Kier molecular flexibility index (Phi) is 7.85. The fourth-order valence-electron chi connectivity index (χ4n) is 3.18. The van der Waals surface area contributed by atoms with Crippen LogP contribution in [0, 0.1) is 0 Å². The van der Waals surface area contributed by atoms with Gasteiger partial charge in [0.05, 0.1) is 0 Å². The SMILES string of the molecule is O=C(C=Cc1ccc(Oc2ccc(C=CC(=O)Nc3ccccc3)cc2)cc1)Nc1ccccc1. The molecule has 0 bridgehead atoms. The maximum absolute atomic E-state index is 12.0. The van der Waals surface area contributed by atoms with Gasteiger partial charge in [-0.25, -0.2) is 0 Å². The van der Waals surface area contributed by atoms with Gasteiger partial charge in [0.1, 0.15) is 11.5 Å². The van der Waals surface area contributed by atoms with Crippen LogP contribution in [-0.2, 0) is 9.59 Å². The molecular formula is C30H24N2O3. The van der Waals surface area contributed by atoms with Crippen LogP contribution in [0.2, 0.25) is 0 Å². The van der Waals surface area contributed by atoms with Gasteiger partial charge in [0.25, 0.3) is 0 Å². The summed E-state index contributed by atoms with van der Waals surface area (Å²) in [4.78, 5) is 24.1. The number of hydrogen-bond acceptors (Lipinski definition) is 3. The summed E-state index contributed by atoms with van der Waals surface area (Å²) in [5, 5.41) is 5.62. The van der Waals surface area contributed by atoms with Crippen molar-refractivity contribution in [3.05, 3.63) is 132 Å². The Labute approximate surface area is 204 Å². The second kappa shape index (κ2) is 11.8. The standard InChI is InChI=1S/C30H24N2O3/c33-29(31-25-7-3-1-4-8-25)21-15-23-11-17-27(18-12-23)35-28-19-13-24(14-20-28)16-22-30(34)32-26-9-5-2-6-10-26/h1-22H,(H,31,33)(H,32,34). The Morgan fingerprint density at radius 3 is 1.26 bits per heavy atom. The molecule has 2 amide bonds. The molecule has 0 heterocycles. The smallest absolute Gasteiger partial charge is 0.248 e. The lowest BCUT2D eigenvalue weighted by Crippen LogP contribution is -2.07. The summed E-state index contributed by atoms with van der Waals surface area (Å²) in [5.74, 6) is 0.981. The highest BCUT2D eigenvalue weighted by Crippen LogP contribution is 2.23. The van der Waals surface area contributed by atoms with Crippen LogP contribution in [0.25, 0.3) is 12.2 Å². The monoisotopic (exact) mass is 460 g/mol. The molecule has 172 valence electrons. The van der Waals surface area contributed by atoms with Crippen LogP contribution in [0.1, 0.15) is 11.1 Å². The largest absolute Gasteiger partial charge is 0.457 e. The van der Waals surface area contributed by atoms with Crippen molar-refractivity contribution >= 4 is 35.3 Å². The highest BCUT2D eigenvalue weighted by atomic mass is 16.5. The summed E-state index contributed by atoms with van der Waals surface area (Å²) in [6.07, 6.45) is 6.48. The van der Waals surface area contributed by atoms with Crippen LogP contribution in [0.3, 0.4) is 0 Å². The molecule has 4 rings (SSSR count). The van der Waals surface area contributed by atoms with Gasteiger partial charge < -0.3 is 15.4 Å². The lowest BCUT2D eigenvalue weighted by Gasteiger charge is -2.06. The molecule has 0 aliphatic heterocycles. The minimum absolute atomic E-state index is 0.191. The van der Waals surface area contributed by atoms with Gasteiger partial charge in [-0.3, -0.25) is 9.59 Å². The Morgan fingerprint density at radius 1 is 0.514 bits per heavy atom. The lowest BCUT2D eigenvalue weighted by molar-refractivity contribution is -0.112. The van der Waals surface area contributed by atoms with E-state index < -0.39 is 0 Å². The second-order valence-electron chi connectivity index (χ2n) is 7.62. The zero-order chi connectivity index (χ0) is 24.3. The predicted octanol–water partition coefficient (Wildman–Crippen LogP) is 6.78. The van der Waals surface area contributed by atoms with E-state index >= 15 is 0 Å². The normalized spacial score (nSPS) is 10.9. The van der Waals surface area contributed by atoms with Gasteiger partial charge in [0.15, 0.2) is 0 Å². The highest BCUT2D eigenvalue weighted by molar-refractivity contribution is 6.02. The van der Waals surface area contributed by atoms with Crippen molar-refractivity contribution < 1.29 is 14.3 Å². The number of carbonyl (C=O) groups is 2. The topological polar surface area (TPSA) is 67.4 Å². The number of amides is 2. The molecule has 5 heteroatoms. The van der Waals surface area contributed by atoms with Gasteiger partial charge in [-0.05, 0) is 71.8 Å². The summed E-state index contributed by atoms with van der Waals surface area (Å²) in [7, 11) is 0. The lowest BCUT2D eigenvalue weighted by atomic mass is 10.2. The molecule has 0 spiro atoms. The zero-order valence-corrected chi connectivity index (χ0v) is 18.9. The molecule has 0 aromatic heterocycles. The number of rotatable bonds is 8. The number of ether oxygens (including phenoxy) is 1. The first-order chi connectivity index (χ1) is 17.1. The third kappa shape index (κ3) is 7.58. The van der Waals surface area contributed by atoms with Crippen LogP contribution in [0.15, 0.2) is 121 Å². The third-order valence-electron chi connectivity index (χ3n) is 4.93. The quantitative estimate of drug-likeness (QED) is 0.285. The van der Waals surface area contributed by atoms with E-state index in [-0.39, 0.29) is 11.8 Å². The molecule has 4 aromatic carbocycles. The molecule has 0 aliphatic carbocycles. The summed E-state index contributed by atoms with van der Waals surface area (Å²) < 4.78 is 5.89. The van der Waals surface area contributed by atoms with E-state index in [1.54, 1.807) is 12.2 Å². The predicted molar refractivity (Wildman–Crippen MR) is 141 cm³/mol. The van der Waals surface area contributed by atoms with E-state index in [1.807, 2.05) is 109 Å². The molecular weight excluding hydrogens is 436 g/mol. The van der Waals surface area contributed by atoms with Crippen molar-refractivity contribution in [2.45, 2.75) is 0 Å². The van der Waals surface area contributed by atoms with Crippen molar-refractivity contribution in [3.8, 4) is 11.5 Å². The minimum Gasteiger partial charge on any atom is -0.457 e. The molecule has 2 N–H and O–H groups in total. The third-order valence-corrected chi connectivity index (χ3v) is 4.93. The molecule has 0 atom stereocenters. The van der Waals surface area contributed by atoms with E-state index in [1.165, 1.54) is 12.2 Å². The summed E-state index contributed by atoms with van der Waals surface area (Å²) >= 11 is 0. The van der Waals surface area contributed by atoms with E-state index in [9.17, 15) is 9.59 Å². The number of benzene rings is 4. The first-order valence-electron chi connectivity index (χ1n) is 11.1. The number of hydrogen-bond donors (Lipinski definition) is 2. The van der Waals surface area contributed by atoms with Gasteiger partial charge in [-0.15, -0.1) is 0 Å². The van der Waals surface area contributed by atoms with Crippen molar-refractivity contribution in [1.29, 1.82) is 0 Å². The number of nitrogens with one attached hydrogen (secondary N) is 2. The van der Waals surface area contributed by atoms with Crippen molar-refractivity contribution in [3.63, 3.8) is 0 Å². The summed E-state index contributed by atoms with van der Waals surface area (Å²) in [6.45, 7) is 0. The fraction of sp³-hybridized carbons (Fsp3) is 0. The van der Waals surface area contributed by atoms with Crippen molar-refractivity contribution in [1.82, 2.24) is 0 Å². The molecule has 0 radical (unpaired) electrons. The molecule has 35 heavy (non-hydrogen) atoms. The number of carbonyl (C=O) groups excluding carboxylic acids is 2. The average Bonchev–Trinajstić information content (AvgIpc) is 2.89. The number of para-hydroxylation sites is 2. The van der Waals surface area contributed by atoms with Crippen LogP contribution in [0.4, 0.5) is 11.4 Å². The molecule has 5 nitrogen and oxygen atoms in total. The van der Waals surface area contributed by atoms with Gasteiger partial charge in [0.2, 0.25) is 11.8 Å². The summed E-state index contributed by atoms with van der Waals surface area (Å²) in [5.41, 5.74) is 3.27. The Bertz CT molecular complexity index is 1210. The number of anilines is 2. The van der Waals surface area contributed by atoms with Gasteiger partial charge in [-0.1, -0.05) is 60.7 Å². The first kappa shape index (κ1) is 23.3. The zero-order valence-electron chi connectivity index (χ0n) is 18.9. The van der Waals surface area contributed by atoms with E-state index in [4.69, 9.17) is 4.74 Å². The second-order valence-corrected chi connectivity index (χ2v) is 7.62. The van der Waals surface area contributed by atoms with Crippen LogP contribution < -0.4 is 15.4 Å². The maximum Gasteiger partial charge on any atom is 0.248 e. The average molecular weight is 461 g/mol. The molecule has 0 fully saturated rings. The molecule has 0 unspecified atom stereocenters. The highest BCUT2D eigenvalue weighted by Gasteiger charge is 2.00. The minimum atomic E-state index is -0.191. The van der Waals surface area contributed by atoms with E-state index in [0.29, 0.717) is 11.5 Å². The molecule has 0 saturated carbocycles. The van der Waals surface area contributed by atoms with Crippen LogP contribution in [-0.4, -0.2) is 11.8 Å². The Hall–Kier alpha value is -4.90. The van der Waals surface area contributed by atoms with Gasteiger partial charge >= 0.3 is 0 Å². The fourth-order valence-corrected chi connectivity index (χ4v) is 3.18. The van der Waals surface area contributed by atoms with E-state index in [2.05, 4.69) is 10.6 Å². The summed E-state index contributed by atoms with van der Waals surface area (Å²) in [6, 6.07) is 33.5. The van der Waals surface area contributed by atoms with Gasteiger partial charge in [-0.2, -0.15) is 0 Å². The van der Waals surface area contributed by atoms with Crippen molar-refractivity contribution in [2.24, 2.45) is 0 Å². The Morgan fingerprint density at radius 2 is 0.886 bits per heavy atom. The van der Waals surface area contributed by atoms with E-state index in [0.717, 1.165) is 22.5 Å². The first-order valence-corrected chi connectivity index (χ1v) is 11.1. The van der Waals surface area contributed by atoms with Crippen LogP contribution >= 0.6 is 0 Å². The van der Waals surface area contributed by atoms with Crippen LogP contribution in [0.5, 0.6) is 11.5 Å².